The van der Waals surface area contributed by atoms with E-state index in [9.17, 15) is 14.7 Å². The summed E-state index contributed by atoms with van der Waals surface area (Å²) in [5.41, 5.74) is 1.35. The molecule has 0 fully saturated rings. The quantitative estimate of drug-likeness (QED) is 0.840. The number of carbonyl (C=O) groups is 1. The summed E-state index contributed by atoms with van der Waals surface area (Å²) in [5, 5.41) is 9.39. The maximum absolute atomic E-state index is 11.7. The van der Waals surface area contributed by atoms with Gasteiger partial charge in [0.2, 0.25) is 11.2 Å². The number of ether oxygens (including phenoxy) is 1. The summed E-state index contributed by atoms with van der Waals surface area (Å²) in [5.74, 6) is -0.419. The SMILES string of the molecule is COc1coc(CN2Cc3[nH]cnc3C[C@H]2C(=O)O)cc1=O. The van der Waals surface area contributed by atoms with Gasteiger partial charge in [-0.2, -0.15) is 0 Å². The van der Waals surface area contributed by atoms with Crippen LogP contribution in [0.2, 0.25) is 0 Å². The Labute approximate surface area is 125 Å². The lowest BCUT2D eigenvalue weighted by molar-refractivity contribution is -0.144. The molecule has 0 bridgehead atoms. The topological polar surface area (TPSA) is 109 Å². The second-order valence-corrected chi connectivity index (χ2v) is 5.07. The zero-order chi connectivity index (χ0) is 15.7. The highest BCUT2D eigenvalue weighted by atomic mass is 16.5. The van der Waals surface area contributed by atoms with E-state index in [0.29, 0.717) is 18.7 Å². The summed E-state index contributed by atoms with van der Waals surface area (Å²) in [7, 11) is 1.39. The van der Waals surface area contributed by atoms with E-state index in [1.54, 1.807) is 11.2 Å². The summed E-state index contributed by atoms with van der Waals surface area (Å²) in [6.45, 7) is 0.622. The Morgan fingerprint density at radius 1 is 1.64 bits per heavy atom. The van der Waals surface area contributed by atoms with Crippen LogP contribution in [0.5, 0.6) is 5.75 Å². The molecular formula is C14H15N3O5. The van der Waals surface area contributed by atoms with E-state index in [0.717, 1.165) is 11.4 Å². The number of hydrogen-bond donors (Lipinski definition) is 2. The monoisotopic (exact) mass is 305 g/mol. The minimum absolute atomic E-state index is 0.119. The molecule has 1 atom stereocenters. The maximum atomic E-state index is 11.7. The van der Waals surface area contributed by atoms with Crippen LogP contribution in [0.4, 0.5) is 0 Å². The van der Waals surface area contributed by atoms with Gasteiger partial charge in [0, 0.05) is 19.0 Å². The Morgan fingerprint density at radius 2 is 2.45 bits per heavy atom. The van der Waals surface area contributed by atoms with Crippen LogP contribution in [-0.2, 0) is 24.3 Å². The van der Waals surface area contributed by atoms with Gasteiger partial charge in [-0.25, -0.2) is 4.98 Å². The minimum Gasteiger partial charge on any atom is -0.490 e. The number of nitrogens with zero attached hydrogens (tertiary/aromatic N) is 2. The van der Waals surface area contributed by atoms with Crippen molar-refractivity contribution in [2.75, 3.05) is 7.11 Å². The Kier molecular flexibility index (Phi) is 3.68. The van der Waals surface area contributed by atoms with Gasteiger partial charge in [-0.15, -0.1) is 0 Å². The fourth-order valence-electron chi connectivity index (χ4n) is 2.57. The van der Waals surface area contributed by atoms with E-state index in [1.807, 2.05) is 0 Å². The first kappa shape index (κ1) is 14.3. The van der Waals surface area contributed by atoms with Crippen molar-refractivity contribution in [2.24, 2.45) is 0 Å². The Morgan fingerprint density at radius 3 is 3.14 bits per heavy atom. The highest BCUT2D eigenvalue weighted by molar-refractivity contribution is 5.74. The second kappa shape index (κ2) is 5.64. The molecule has 0 amide bonds. The highest BCUT2D eigenvalue weighted by Gasteiger charge is 2.33. The summed E-state index contributed by atoms with van der Waals surface area (Å²) in [6, 6.07) is 0.614. The van der Waals surface area contributed by atoms with E-state index >= 15 is 0 Å². The van der Waals surface area contributed by atoms with E-state index < -0.39 is 12.0 Å². The molecule has 116 valence electrons. The van der Waals surface area contributed by atoms with Gasteiger partial charge in [-0.1, -0.05) is 0 Å². The number of carboxylic acid groups (broad SMARTS) is 1. The lowest BCUT2D eigenvalue weighted by atomic mass is 10.0. The number of aliphatic carboxylic acids is 1. The maximum Gasteiger partial charge on any atom is 0.321 e. The normalized spacial score (nSPS) is 18.0. The molecule has 2 N–H and O–H groups in total. The number of H-pyrrole nitrogens is 1. The average molecular weight is 305 g/mol. The summed E-state index contributed by atoms with van der Waals surface area (Å²) < 4.78 is 10.2. The van der Waals surface area contributed by atoms with E-state index in [4.69, 9.17) is 9.15 Å². The predicted molar refractivity (Wildman–Crippen MR) is 74.5 cm³/mol. The van der Waals surface area contributed by atoms with Crippen molar-refractivity contribution in [3.63, 3.8) is 0 Å². The summed E-state index contributed by atoms with van der Waals surface area (Å²) >= 11 is 0. The minimum atomic E-state index is -0.926. The van der Waals surface area contributed by atoms with Crippen LogP contribution in [0.15, 0.2) is 27.9 Å². The van der Waals surface area contributed by atoms with Crippen LogP contribution in [0, 0.1) is 0 Å². The van der Waals surface area contributed by atoms with Gasteiger partial charge < -0.3 is 19.2 Å². The molecule has 0 aromatic carbocycles. The molecule has 0 spiro atoms. The van der Waals surface area contributed by atoms with E-state index in [2.05, 4.69) is 9.97 Å². The third kappa shape index (κ3) is 2.60. The van der Waals surface area contributed by atoms with Gasteiger partial charge in [0.05, 0.1) is 31.4 Å². The molecule has 1 aliphatic heterocycles. The lowest BCUT2D eigenvalue weighted by Gasteiger charge is -2.31. The van der Waals surface area contributed by atoms with Crippen molar-refractivity contribution in [2.45, 2.75) is 25.6 Å². The third-order valence-electron chi connectivity index (χ3n) is 3.71. The number of rotatable bonds is 4. The molecule has 0 saturated heterocycles. The van der Waals surface area contributed by atoms with Crippen LogP contribution in [0.3, 0.4) is 0 Å². The van der Waals surface area contributed by atoms with Crippen LogP contribution in [0.1, 0.15) is 17.1 Å². The standard InChI is InChI=1S/C14H15N3O5/c1-21-13-6-22-8(2-12(13)18)4-17-5-10-9(15-7-16-10)3-11(17)14(19)20/h2,6-7,11H,3-5H2,1H3,(H,15,16)(H,19,20)/t11-/m0/s1. The summed E-state index contributed by atoms with van der Waals surface area (Å²) in [4.78, 5) is 32.1. The van der Waals surface area contributed by atoms with Gasteiger partial charge in [0.1, 0.15) is 18.1 Å². The number of aromatic nitrogens is 2. The predicted octanol–water partition coefficient (Wildman–Crippen LogP) is 0.383. The van der Waals surface area contributed by atoms with Crippen LogP contribution in [0.25, 0.3) is 0 Å². The van der Waals surface area contributed by atoms with Gasteiger partial charge in [-0.3, -0.25) is 14.5 Å². The second-order valence-electron chi connectivity index (χ2n) is 5.07. The van der Waals surface area contributed by atoms with Gasteiger partial charge in [-0.05, 0) is 0 Å². The first-order chi connectivity index (χ1) is 10.6. The fraction of sp³-hybridized carbons (Fsp3) is 0.357. The number of aromatic amines is 1. The summed E-state index contributed by atoms with van der Waals surface area (Å²) in [6.07, 6.45) is 3.11. The Hall–Kier alpha value is -2.61. The molecule has 3 heterocycles. The smallest absolute Gasteiger partial charge is 0.321 e. The first-order valence-corrected chi connectivity index (χ1v) is 6.72. The number of hydrogen-bond acceptors (Lipinski definition) is 6. The molecule has 1 aliphatic rings. The highest BCUT2D eigenvalue weighted by Crippen LogP contribution is 2.22. The van der Waals surface area contributed by atoms with Crippen LogP contribution in [-0.4, -0.2) is 39.1 Å². The number of carboxylic acids is 1. The van der Waals surface area contributed by atoms with Gasteiger partial charge in [0.15, 0.2) is 0 Å². The third-order valence-corrected chi connectivity index (χ3v) is 3.71. The van der Waals surface area contributed by atoms with Crippen LogP contribution >= 0.6 is 0 Å². The van der Waals surface area contributed by atoms with Crippen molar-refractivity contribution in [3.05, 3.63) is 46.0 Å². The molecule has 8 nitrogen and oxygen atoms in total. The molecular weight excluding hydrogens is 290 g/mol. The molecule has 2 aromatic rings. The molecule has 0 aliphatic carbocycles. The van der Waals surface area contributed by atoms with E-state index in [-0.39, 0.29) is 17.7 Å². The van der Waals surface area contributed by atoms with Crippen molar-refractivity contribution in [3.8, 4) is 5.75 Å². The van der Waals surface area contributed by atoms with Crippen molar-refractivity contribution in [1.82, 2.24) is 14.9 Å². The molecule has 0 unspecified atom stereocenters. The molecule has 22 heavy (non-hydrogen) atoms. The number of nitrogens with one attached hydrogen (secondary N) is 1. The average Bonchev–Trinajstić information content (AvgIpc) is 2.93. The molecule has 8 heteroatoms. The molecule has 3 rings (SSSR count). The molecule has 0 radical (unpaired) electrons. The van der Waals surface area contributed by atoms with Crippen molar-refractivity contribution < 1.29 is 19.1 Å². The van der Waals surface area contributed by atoms with Crippen LogP contribution < -0.4 is 10.2 Å². The number of imidazole rings is 1. The van der Waals surface area contributed by atoms with Gasteiger partial charge >= 0.3 is 5.97 Å². The van der Waals surface area contributed by atoms with E-state index in [1.165, 1.54) is 19.4 Å². The molecule has 0 saturated carbocycles. The van der Waals surface area contributed by atoms with Crippen molar-refractivity contribution in [1.29, 1.82) is 0 Å². The fourth-order valence-corrected chi connectivity index (χ4v) is 2.57. The zero-order valence-electron chi connectivity index (χ0n) is 11.9. The Balaban J connectivity index is 1.85. The Bertz CT molecular complexity index is 751. The van der Waals surface area contributed by atoms with Gasteiger partial charge in [0.25, 0.3) is 0 Å². The van der Waals surface area contributed by atoms with Crippen molar-refractivity contribution >= 4 is 5.97 Å². The lowest BCUT2D eigenvalue weighted by Crippen LogP contribution is -2.45. The first-order valence-electron chi connectivity index (χ1n) is 6.72. The largest absolute Gasteiger partial charge is 0.490 e. The molecule has 2 aromatic heterocycles. The number of fused-ring (bicyclic) bond motifs is 1. The zero-order valence-corrected chi connectivity index (χ0v) is 11.9. The number of methoxy groups -OCH3 is 1.